The molecule has 0 heterocycles. The zero-order valence-electron chi connectivity index (χ0n) is 12.0. The molecule has 0 saturated carbocycles. The van der Waals surface area contributed by atoms with Crippen LogP contribution in [0.25, 0.3) is 0 Å². The lowest BCUT2D eigenvalue weighted by Crippen LogP contribution is -2.22. The molecular formula is C14H17F3N2O2. The molecule has 7 heteroatoms. The first-order valence-corrected chi connectivity index (χ1v) is 6.44. The van der Waals surface area contributed by atoms with E-state index in [1.165, 1.54) is 13.0 Å². The Labute approximate surface area is 120 Å². The third-order valence-electron chi connectivity index (χ3n) is 2.96. The van der Waals surface area contributed by atoms with E-state index in [9.17, 15) is 22.8 Å². The molecule has 0 radical (unpaired) electrons. The molecule has 2 amide bonds. The fourth-order valence-corrected chi connectivity index (χ4v) is 1.61. The Bertz CT molecular complexity index is 542. The zero-order chi connectivity index (χ0) is 16.2. The van der Waals surface area contributed by atoms with Gasteiger partial charge in [0.25, 0.3) is 0 Å². The van der Waals surface area contributed by atoms with Gasteiger partial charge in [0.2, 0.25) is 11.8 Å². The second-order valence-corrected chi connectivity index (χ2v) is 4.74. The predicted octanol–water partition coefficient (Wildman–Crippen LogP) is 3.65. The molecule has 116 valence electrons. The maximum absolute atomic E-state index is 13.0. The average Bonchev–Trinajstić information content (AvgIpc) is 2.37. The minimum absolute atomic E-state index is 0.0244. The van der Waals surface area contributed by atoms with Gasteiger partial charge in [-0.2, -0.15) is 13.2 Å². The van der Waals surface area contributed by atoms with Crippen LogP contribution < -0.4 is 10.6 Å². The van der Waals surface area contributed by atoms with Crippen molar-refractivity contribution in [2.45, 2.75) is 33.4 Å². The maximum atomic E-state index is 13.0. The largest absolute Gasteiger partial charge is 0.418 e. The Morgan fingerprint density at radius 1 is 1.24 bits per heavy atom. The molecule has 0 bridgehead atoms. The minimum Gasteiger partial charge on any atom is -0.326 e. The molecule has 1 atom stereocenters. The Morgan fingerprint density at radius 3 is 2.33 bits per heavy atom. The van der Waals surface area contributed by atoms with Crippen LogP contribution in [0.1, 0.15) is 32.8 Å². The smallest absolute Gasteiger partial charge is 0.326 e. The van der Waals surface area contributed by atoms with Gasteiger partial charge in [-0.15, -0.1) is 0 Å². The number of nitrogens with one attached hydrogen (secondary N) is 2. The van der Waals surface area contributed by atoms with Crippen molar-refractivity contribution in [1.29, 1.82) is 0 Å². The average molecular weight is 302 g/mol. The molecule has 1 aromatic rings. The molecule has 21 heavy (non-hydrogen) atoms. The van der Waals surface area contributed by atoms with E-state index in [1.807, 2.05) is 0 Å². The third-order valence-corrected chi connectivity index (χ3v) is 2.96. The highest BCUT2D eigenvalue weighted by molar-refractivity contribution is 5.94. The number of amides is 2. The van der Waals surface area contributed by atoms with E-state index in [4.69, 9.17) is 0 Å². The molecule has 4 nitrogen and oxygen atoms in total. The van der Waals surface area contributed by atoms with Crippen molar-refractivity contribution in [2.75, 3.05) is 10.6 Å². The molecule has 1 rings (SSSR count). The zero-order valence-corrected chi connectivity index (χ0v) is 12.0. The lowest BCUT2D eigenvalue weighted by atomic mass is 10.1. The molecular weight excluding hydrogens is 285 g/mol. The van der Waals surface area contributed by atoms with Gasteiger partial charge in [-0.3, -0.25) is 9.59 Å². The monoisotopic (exact) mass is 302 g/mol. The summed E-state index contributed by atoms with van der Waals surface area (Å²) in [7, 11) is 0. The maximum Gasteiger partial charge on any atom is 0.418 e. The van der Waals surface area contributed by atoms with Crippen LogP contribution in [-0.4, -0.2) is 11.8 Å². The SMILES string of the molecule is CCC(C)C(=O)Nc1ccc(NC(C)=O)cc1C(F)(F)F. The van der Waals surface area contributed by atoms with Crippen LogP contribution in [0, 0.1) is 5.92 Å². The van der Waals surface area contributed by atoms with Gasteiger partial charge in [0.15, 0.2) is 0 Å². The summed E-state index contributed by atoms with van der Waals surface area (Å²) in [5, 5.41) is 4.56. The van der Waals surface area contributed by atoms with Crippen molar-refractivity contribution in [1.82, 2.24) is 0 Å². The summed E-state index contributed by atoms with van der Waals surface area (Å²) in [5.41, 5.74) is -1.29. The Kier molecular flexibility index (Phi) is 5.34. The number of rotatable bonds is 4. The van der Waals surface area contributed by atoms with Gasteiger partial charge < -0.3 is 10.6 Å². The van der Waals surface area contributed by atoms with E-state index in [0.717, 1.165) is 12.1 Å². The van der Waals surface area contributed by atoms with Crippen molar-refractivity contribution < 1.29 is 22.8 Å². The highest BCUT2D eigenvalue weighted by atomic mass is 19.4. The van der Waals surface area contributed by atoms with Crippen molar-refractivity contribution >= 4 is 23.2 Å². The Morgan fingerprint density at radius 2 is 1.86 bits per heavy atom. The molecule has 0 aliphatic rings. The highest BCUT2D eigenvalue weighted by Gasteiger charge is 2.34. The van der Waals surface area contributed by atoms with Crippen LogP contribution in [0.4, 0.5) is 24.5 Å². The summed E-state index contributed by atoms with van der Waals surface area (Å²) in [6.45, 7) is 4.61. The fraction of sp³-hybridized carbons (Fsp3) is 0.429. The van der Waals surface area contributed by atoms with Gasteiger partial charge >= 0.3 is 6.18 Å². The number of carbonyl (C=O) groups is 2. The number of benzene rings is 1. The number of hydrogen-bond donors (Lipinski definition) is 2. The standard InChI is InChI=1S/C14H17F3N2O2/c1-4-8(2)13(21)19-12-6-5-10(18-9(3)20)7-11(12)14(15,16)17/h5-8H,4H2,1-3H3,(H,18,20)(H,19,21). The molecule has 0 aromatic heterocycles. The van der Waals surface area contributed by atoms with Gasteiger partial charge in [-0.1, -0.05) is 13.8 Å². The van der Waals surface area contributed by atoms with E-state index in [1.54, 1.807) is 13.8 Å². The first-order chi connectivity index (χ1) is 9.65. The topological polar surface area (TPSA) is 58.2 Å². The number of anilines is 2. The summed E-state index contributed by atoms with van der Waals surface area (Å²) < 4.78 is 39.1. The first kappa shape index (κ1) is 17.0. The molecule has 0 aliphatic carbocycles. The van der Waals surface area contributed by atoms with Crippen molar-refractivity contribution in [2.24, 2.45) is 5.92 Å². The summed E-state index contributed by atoms with van der Waals surface area (Å²) in [6.07, 6.45) is -4.11. The van der Waals surface area contributed by atoms with Crippen molar-refractivity contribution in [3.05, 3.63) is 23.8 Å². The fourth-order valence-electron chi connectivity index (χ4n) is 1.61. The summed E-state index contributed by atoms with van der Waals surface area (Å²) in [4.78, 5) is 22.6. The molecule has 1 aromatic carbocycles. The molecule has 0 spiro atoms. The van der Waals surface area contributed by atoms with Crippen molar-refractivity contribution in [3.63, 3.8) is 0 Å². The quantitative estimate of drug-likeness (QED) is 0.892. The van der Waals surface area contributed by atoms with Gasteiger partial charge in [0.05, 0.1) is 11.3 Å². The van der Waals surface area contributed by atoms with Crippen molar-refractivity contribution in [3.8, 4) is 0 Å². The number of carbonyl (C=O) groups excluding carboxylic acids is 2. The molecule has 2 N–H and O–H groups in total. The third kappa shape index (κ3) is 4.77. The lowest BCUT2D eigenvalue weighted by Gasteiger charge is -2.17. The van der Waals surface area contributed by atoms with Crippen LogP contribution >= 0.6 is 0 Å². The minimum atomic E-state index is -4.63. The molecule has 0 fully saturated rings. The van der Waals surface area contributed by atoms with Crippen LogP contribution in [0.3, 0.4) is 0 Å². The molecule has 1 unspecified atom stereocenters. The predicted molar refractivity (Wildman–Crippen MR) is 73.8 cm³/mol. The number of alkyl halides is 3. The van der Waals surface area contributed by atoms with Crippen LogP contribution in [0.5, 0.6) is 0 Å². The summed E-state index contributed by atoms with van der Waals surface area (Å²) in [6, 6.07) is 3.24. The van der Waals surface area contributed by atoms with Crippen LogP contribution in [-0.2, 0) is 15.8 Å². The second-order valence-electron chi connectivity index (χ2n) is 4.74. The highest BCUT2D eigenvalue weighted by Crippen LogP contribution is 2.36. The van der Waals surface area contributed by atoms with E-state index in [-0.39, 0.29) is 17.3 Å². The van der Waals surface area contributed by atoms with E-state index in [2.05, 4.69) is 10.6 Å². The van der Waals surface area contributed by atoms with E-state index < -0.39 is 23.6 Å². The summed E-state index contributed by atoms with van der Waals surface area (Å²) in [5.74, 6) is -1.34. The summed E-state index contributed by atoms with van der Waals surface area (Å²) >= 11 is 0. The van der Waals surface area contributed by atoms with Gasteiger partial charge in [0, 0.05) is 18.5 Å². The number of hydrogen-bond acceptors (Lipinski definition) is 2. The number of halogens is 3. The second kappa shape index (κ2) is 6.60. The van der Waals surface area contributed by atoms with E-state index in [0.29, 0.717) is 6.42 Å². The van der Waals surface area contributed by atoms with Gasteiger partial charge in [-0.25, -0.2) is 0 Å². The molecule has 0 saturated heterocycles. The van der Waals surface area contributed by atoms with E-state index >= 15 is 0 Å². The lowest BCUT2D eigenvalue weighted by molar-refractivity contribution is -0.137. The van der Waals surface area contributed by atoms with Crippen LogP contribution in [0.15, 0.2) is 18.2 Å². The van der Waals surface area contributed by atoms with Crippen LogP contribution in [0.2, 0.25) is 0 Å². The molecule has 0 aliphatic heterocycles. The van der Waals surface area contributed by atoms with Gasteiger partial charge in [0.1, 0.15) is 0 Å². The Balaban J connectivity index is 3.14. The normalized spacial score (nSPS) is 12.7. The Hall–Kier alpha value is -2.05. The van der Waals surface area contributed by atoms with Gasteiger partial charge in [-0.05, 0) is 24.6 Å². The first-order valence-electron chi connectivity index (χ1n) is 6.44.